The molecule has 0 heterocycles. The molecule has 2 N–H and O–H groups in total. The highest BCUT2D eigenvalue weighted by Crippen LogP contribution is 2.30. The van der Waals surface area contributed by atoms with Crippen LogP contribution in [0.15, 0.2) is 54.6 Å². The second-order valence-electron chi connectivity index (χ2n) is 5.02. The first-order valence-corrected chi connectivity index (χ1v) is 7.33. The van der Waals surface area contributed by atoms with Crippen molar-refractivity contribution in [2.24, 2.45) is 0 Å². The largest absolute Gasteiger partial charge is 0.507 e. The van der Waals surface area contributed by atoms with Crippen molar-refractivity contribution in [3.63, 3.8) is 0 Å². The highest BCUT2D eigenvalue weighted by atomic mass is 35.5. The number of hydrogen-bond acceptors (Lipinski definition) is 3. The van der Waals surface area contributed by atoms with Crippen LogP contribution in [0.2, 0.25) is 5.02 Å². The molecule has 0 bridgehead atoms. The summed E-state index contributed by atoms with van der Waals surface area (Å²) in [6.07, 6.45) is 0. The maximum Gasteiger partial charge on any atom is 0.259 e. The number of phenols is 1. The molecule has 3 aromatic carbocycles. The Kier molecular flexibility index (Phi) is 4.08. The Morgan fingerprint density at radius 3 is 2.48 bits per heavy atom. The maximum atomic E-state index is 12.5. The molecule has 0 atom stereocenters. The predicted molar refractivity (Wildman–Crippen MR) is 91.6 cm³/mol. The zero-order valence-corrected chi connectivity index (χ0v) is 13.1. The van der Waals surface area contributed by atoms with E-state index < -0.39 is 5.91 Å². The summed E-state index contributed by atoms with van der Waals surface area (Å²) in [7, 11) is 1.49. The number of nitrogens with one attached hydrogen (secondary N) is 1. The van der Waals surface area contributed by atoms with Crippen LogP contribution in [-0.4, -0.2) is 18.1 Å². The van der Waals surface area contributed by atoms with E-state index in [0.29, 0.717) is 16.5 Å². The number of benzene rings is 3. The van der Waals surface area contributed by atoms with Crippen LogP contribution in [0.3, 0.4) is 0 Å². The third kappa shape index (κ3) is 3.07. The summed E-state index contributed by atoms with van der Waals surface area (Å²) in [6.45, 7) is 0. The van der Waals surface area contributed by atoms with Gasteiger partial charge in [-0.1, -0.05) is 35.9 Å². The van der Waals surface area contributed by atoms with Crippen LogP contribution >= 0.6 is 11.6 Å². The van der Waals surface area contributed by atoms with Gasteiger partial charge in [0.15, 0.2) is 0 Å². The van der Waals surface area contributed by atoms with Gasteiger partial charge in [-0.15, -0.1) is 0 Å². The molecule has 0 fully saturated rings. The van der Waals surface area contributed by atoms with Gasteiger partial charge in [-0.2, -0.15) is 0 Å². The maximum absolute atomic E-state index is 12.5. The highest BCUT2D eigenvalue weighted by molar-refractivity contribution is 6.30. The Labute approximate surface area is 138 Å². The number of ether oxygens (including phenoxy) is 1. The average molecular weight is 328 g/mol. The van der Waals surface area contributed by atoms with Crippen LogP contribution in [-0.2, 0) is 0 Å². The van der Waals surface area contributed by atoms with E-state index in [2.05, 4.69) is 5.32 Å². The van der Waals surface area contributed by atoms with Crippen LogP contribution in [0.4, 0.5) is 5.69 Å². The van der Waals surface area contributed by atoms with Crippen molar-refractivity contribution >= 4 is 34.0 Å². The lowest BCUT2D eigenvalue weighted by atomic mass is 10.1. The van der Waals surface area contributed by atoms with Gasteiger partial charge >= 0.3 is 0 Å². The summed E-state index contributed by atoms with van der Waals surface area (Å²) in [4.78, 5) is 12.5. The van der Waals surface area contributed by atoms with Gasteiger partial charge in [-0.3, -0.25) is 4.79 Å². The number of rotatable bonds is 3. The Morgan fingerprint density at radius 2 is 1.78 bits per heavy atom. The van der Waals surface area contributed by atoms with Crippen molar-refractivity contribution in [1.82, 2.24) is 0 Å². The Morgan fingerprint density at radius 1 is 1.09 bits per heavy atom. The van der Waals surface area contributed by atoms with Crippen molar-refractivity contribution in [3.05, 3.63) is 65.2 Å². The van der Waals surface area contributed by atoms with Crippen LogP contribution in [0.1, 0.15) is 10.4 Å². The van der Waals surface area contributed by atoms with E-state index in [1.165, 1.54) is 7.11 Å². The number of aromatic hydroxyl groups is 1. The van der Waals surface area contributed by atoms with E-state index in [9.17, 15) is 9.90 Å². The molecule has 0 spiro atoms. The van der Waals surface area contributed by atoms with E-state index in [0.717, 1.165) is 10.8 Å². The van der Waals surface area contributed by atoms with Gasteiger partial charge in [0.2, 0.25) is 0 Å². The summed E-state index contributed by atoms with van der Waals surface area (Å²) in [6, 6.07) is 15.6. The van der Waals surface area contributed by atoms with Gasteiger partial charge in [0.1, 0.15) is 11.5 Å². The fourth-order valence-corrected chi connectivity index (χ4v) is 2.53. The summed E-state index contributed by atoms with van der Waals surface area (Å²) in [5.74, 6) is -0.0471. The number of amides is 1. The number of anilines is 1. The standard InChI is InChI=1S/C18H14ClNO3/c1-23-17-10-13(19)6-7-15(17)20-18(22)14-8-11-4-2-3-5-12(11)9-16(14)21/h2-10,21H,1H3,(H,20,22). The van der Waals surface area contributed by atoms with Crippen molar-refractivity contribution in [2.75, 3.05) is 12.4 Å². The lowest BCUT2D eigenvalue weighted by Crippen LogP contribution is -2.13. The first kappa shape index (κ1) is 15.2. The first-order valence-electron chi connectivity index (χ1n) is 6.95. The number of carbonyl (C=O) groups excluding carboxylic acids is 1. The SMILES string of the molecule is COc1cc(Cl)ccc1NC(=O)c1cc2ccccc2cc1O. The highest BCUT2D eigenvalue weighted by Gasteiger charge is 2.15. The van der Waals surface area contributed by atoms with Gasteiger partial charge in [-0.05, 0) is 35.0 Å². The van der Waals surface area contributed by atoms with E-state index >= 15 is 0 Å². The topological polar surface area (TPSA) is 58.6 Å². The molecule has 1 amide bonds. The van der Waals surface area contributed by atoms with E-state index in [1.54, 1.807) is 30.3 Å². The summed E-state index contributed by atoms with van der Waals surface area (Å²) < 4.78 is 5.20. The molecule has 0 aliphatic heterocycles. The smallest absolute Gasteiger partial charge is 0.259 e. The number of carbonyl (C=O) groups is 1. The lowest BCUT2D eigenvalue weighted by Gasteiger charge is -2.12. The molecule has 23 heavy (non-hydrogen) atoms. The minimum atomic E-state index is -0.422. The van der Waals surface area contributed by atoms with Crippen molar-refractivity contribution < 1.29 is 14.6 Å². The van der Waals surface area contributed by atoms with Gasteiger partial charge in [0.05, 0.1) is 18.4 Å². The average Bonchev–Trinajstić information content (AvgIpc) is 2.55. The summed E-state index contributed by atoms with van der Waals surface area (Å²) >= 11 is 5.91. The molecular formula is C18H14ClNO3. The number of fused-ring (bicyclic) bond motifs is 1. The lowest BCUT2D eigenvalue weighted by molar-refractivity contribution is 0.102. The van der Waals surface area contributed by atoms with Gasteiger partial charge in [0, 0.05) is 11.1 Å². The van der Waals surface area contributed by atoms with Gasteiger partial charge in [-0.25, -0.2) is 0 Å². The second-order valence-corrected chi connectivity index (χ2v) is 5.45. The zero-order chi connectivity index (χ0) is 16.4. The van der Waals surface area contributed by atoms with Crippen molar-refractivity contribution in [2.45, 2.75) is 0 Å². The second kappa shape index (κ2) is 6.18. The van der Waals surface area contributed by atoms with Crippen molar-refractivity contribution in [3.8, 4) is 11.5 Å². The molecule has 0 aromatic heterocycles. The zero-order valence-electron chi connectivity index (χ0n) is 12.3. The number of phenolic OH excluding ortho intramolecular Hbond substituents is 1. The normalized spacial score (nSPS) is 10.5. The fourth-order valence-electron chi connectivity index (χ4n) is 2.37. The predicted octanol–water partition coefficient (Wildman–Crippen LogP) is 4.46. The quantitative estimate of drug-likeness (QED) is 0.746. The molecule has 0 radical (unpaired) electrons. The Hall–Kier alpha value is -2.72. The molecule has 0 saturated heterocycles. The number of halogens is 1. The first-order chi connectivity index (χ1) is 11.1. The minimum absolute atomic E-state index is 0.0749. The van der Waals surface area contributed by atoms with E-state index in [1.807, 2.05) is 24.3 Å². The van der Waals surface area contributed by atoms with Gasteiger partial charge < -0.3 is 15.2 Å². The van der Waals surface area contributed by atoms with Gasteiger partial charge in [0.25, 0.3) is 5.91 Å². The molecule has 5 heteroatoms. The third-order valence-electron chi connectivity index (χ3n) is 3.52. The summed E-state index contributed by atoms with van der Waals surface area (Å²) in [5.41, 5.74) is 0.676. The van der Waals surface area contributed by atoms with Crippen LogP contribution < -0.4 is 10.1 Å². The minimum Gasteiger partial charge on any atom is -0.507 e. The molecular weight excluding hydrogens is 314 g/mol. The van der Waals surface area contributed by atoms with Crippen LogP contribution in [0.5, 0.6) is 11.5 Å². The molecule has 0 saturated carbocycles. The van der Waals surface area contributed by atoms with E-state index in [4.69, 9.17) is 16.3 Å². The van der Waals surface area contributed by atoms with Crippen molar-refractivity contribution in [1.29, 1.82) is 0 Å². The number of hydrogen-bond donors (Lipinski definition) is 2. The molecule has 3 aromatic rings. The number of methoxy groups -OCH3 is 1. The van der Waals surface area contributed by atoms with Crippen LogP contribution in [0, 0.1) is 0 Å². The van der Waals surface area contributed by atoms with Crippen LogP contribution in [0.25, 0.3) is 10.8 Å². The Balaban J connectivity index is 1.96. The Bertz CT molecular complexity index is 893. The molecule has 116 valence electrons. The summed E-state index contributed by atoms with van der Waals surface area (Å²) in [5, 5.41) is 15.1. The monoisotopic (exact) mass is 327 g/mol. The molecule has 0 aliphatic carbocycles. The van der Waals surface area contributed by atoms with E-state index in [-0.39, 0.29) is 11.3 Å². The molecule has 4 nitrogen and oxygen atoms in total. The molecule has 0 unspecified atom stereocenters. The molecule has 0 aliphatic rings. The third-order valence-corrected chi connectivity index (χ3v) is 3.76. The fraction of sp³-hybridized carbons (Fsp3) is 0.0556. The molecule has 3 rings (SSSR count).